The van der Waals surface area contributed by atoms with Crippen LogP contribution in [0, 0.1) is 6.92 Å². The van der Waals surface area contributed by atoms with Gasteiger partial charge in [0.15, 0.2) is 0 Å². The summed E-state index contributed by atoms with van der Waals surface area (Å²) in [5, 5.41) is 2.75. The normalized spacial score (nSPS) is 11.2. The van der Waals surface area contributed by atoms with E-state index in [0.717, 1.165) is 26.2 Å². The lowest BCUT2D eigenvalue weighted by molar-refractivity contribution is -0.114. The summed E-state index contributed by atoms with van der Waals surface area (Å²) in [4.78, 5) is 12.4. The Labute approximate surface area is 157 Å². The van der Waals surface area contributed by atoms with Crippen molar-refractivity contribution in [3.05, 3.63) is 58.1 Å². The Kier molecular flexibility index (Phi) is 6.24. The van der Waals surface area contributed by atoms with Crippen molar-refractivity contribution in [1.29, 1.82) is 0 Å². The Morgan fingerprint density at radius 1 is 1.20 bits per heavy atom. The summed E-state index contributed by atoms with van der Waals surface area (Å²) in [5.41, 5.74) is 3.02. The van der Waals surface area contributed by atoms with Gasteiger partial charge in [-0.2, -0.15) is 0 Å². The number of aryl methyl sites for hydroxylation is 2. The number of amides is 1. The maximum absolute atomic E-state index is 12.4. The molecule has 25 heavy (non-hydrogen) atoms. The van der Waals surface area contributed by atoms with Crippen molar-refractivity contribution in [2.75, 3.05) is 22.4 Å². The van der Waals surface area contributed by atoms with Crippen molar-refractivity contribution in [1.82, 2.24) is 0 Å². The fourth-order valence-electron chi connectivity index (χ4n) is 2.49. The predicted molar refractivity (Wildman–Crippen MR) is 106 cm³/mol. The van der Waals surface area contributed by atoms with Gasteiger partial charge in [-0.3, -0.25) is 9.10 Å². The molecule has 2 rings (SSSR count). The number of sulfonamides is 1. The van der Waals surface area contributed by atoms with Crippen LogP contribution in [-0.4, -0.2) is 27.1 Å². The molecule has 7 heteroatoms. The number of nitrogens with zero attached hydrogens (tertiary/aromatic N) is 1. The first kappa shape index (κ1) is 19.5. The number of para-hydroxylation sites is 1. The third-order valence-corrected chi connectivity index (χ3v) is 5.79. The highest BCUT2D eigenvalue weighted by molar-refractivity contribution is 9.10. The molecular weight excluding hydrogens is 404 g/mol. The van der Waals surface area contributed by atoms with Gasteiger partial charge >= 0.3 is 0 Å². The zero-order chi connectivity index (χ0) is 18.6. The summed E-state index contributed by atoms with van der Waals surface area (Å²) in [5.74, 6) is -0.391. The molecule has 134 valence electrons. The summed E-state index contributed by atoms with van der Waals surface area (Å²) in [6.07, 6.45) is 1.78. The quantitative estimate of drug-likeness (QED) is 0.767. The van der Waals surface area contributed by atoms with Crippen LogP contribution in [0.15, 0.2) is 46.9 Å². The molecular formula is C18H21BrN2O3S. The van der Waals surface area contributed by atoms with Gasteiger partial charge in [-0.25, -0.2) is 8.42 Å². The van der Waals surface area contributed by atoms with Crippen LogP contribution in [0.3, 0.4) is 0 Å². The van der Waals surface area contributed by atoms with Crippen LogP contribution >= 0.6 is 15.9 Å². The summed E-state index contributed by atoms with van der Waals surface area (Å²) in [6, 6.07) is 12.6. The van der Waals surface area contributed by atoms with Crippen molar-refractivity contribution < 1.29 is 13.2 Å². The molecule has 0 saturated carbocycles. The van der Waals surface area contributed by atoms with Gasteiger partial charge in [0, 0.05) is 10.2 Å². The molecule has 0 aliphatic rings. The van der Waals surface area contributed by atoms with E-state index in [2.05, 4.69) is 21.2 Å². The average molecular weight is 425 g/mol. The van der Waals surface area contributed by atoms with Crippen LogP contribution in [0.25, 0.3) is 0 Å². The van der Waals surface area contributed by atoms with Gasteiger partial charge < -0.3 is 5.32 Å². The van der Waals surface area contributed by atoms with Crippen molar-refractivity contribution in [3.8, 4) is 0 Å². The summed E-state index contributed by atoms with van der Waals surface area (Å²) in [6.45, 7) is 3.59. The van der Waals surface area contributed by atoms with Crippen molar-refractivity contribution in [3.63, 3.8) is 0 Å². The number of carbonyl (C=O) groups excluding carboxylic acids is 1. The van der Waals surface area contributed by atoms with Crippen LogP contribution in [0.1, 0.15) is 18.1 Å². The molecule has 5 nitrogen and oxygen atoms in total. The SMILES string of the molecule is CCc1ccccc1N(CC(=O)Nc1ccc(Br)c(C)c1)S(C)(=O)=O. The molecule has 1 N–H and O–H groups in total. The maximum Gasteiger partial charge on any atom is 0.245 e. The molecule has 0 aromatic heterocycles. The van der Waals surface area contributed by atoms with Crippen LogP contribution in [0.5, 0.6) is 0 Å². The minimum Gasteiger partial charge on any atom is -0.325 e. The Morgan fingerprint density at radius 2 is 1.88 bits per heavy atom. The average Bonchev–Trinajstić information content (AvgIpc) is 2.55. The Hall–Kier alpha value is -1.86. The van der Waals surface area contributed by atoms with Gasteiger partial charge in [0.2, 0.25) is 15.9 Å². The first-order valence-electron chi connectivity index (χ1n) is 7.84. The second kappa shape index (κ2) is 8.01. The van der Waals surface area contributed by atoms with E-state index >= 15 is 0 Å². The van der Waals surface area contributed by atoms with E-state index in [-0.39, 0.29) is 6.54 Å². The minimum atomic E-state index is -3.59. The summed E-state index contributed by atoms with van der Waals surface area (Å²) < 4.78 is 26.5. The molecule has 0 atom stereocenters. The van der Waals surface area contributed by atoms with E-state index in [0.29, 0.717) is 17.8 Å². The van der Waals surface area contributed by atoms with Gasteiger partial charge in [0.25, 0.3) is 0 Å². The van der Waals surface area contributed by atoms with Crippen LogP contribution in [0.4, 0.5) is 11.4 Å². The van der Waals surface area contributed by atoms with Crippen molar-refractivity contribution >= 4 is 43.2 Å². The molecule has 0 bridgehead atoms. The van der Waals surface area contributed by atoms with E-state index in [9.17, 15) is 13.2 Å². The first-order chi connectivity index (χ1) is 11.7. The molecule has 0 spiro atoms. The lowest BCUT2D eigenvalue weighted by Gasteiger charge is -2.24. The topological polar surface area (TPSA) is 66.5 Å². The van der Waals surface area contributed by atoms with Gasteiger partial charge in [0.1, 0.15) is 6.54 Å². The number of hydrogen-bond acceptors (Lipinski definition) is 3. The highest BCUT2D eigenvalue weighted by Crippen LogP contribution is 2.24. The van der Waals surface area contributed by atoms with Crippen molar-refractivity contribution in [2.45, 2.75) is 20.3 Å². The van der Waals surface area contributed by atoms with Gasteiger partial charge in [-0.05, 0) is 48.7 Å². The smallest absolute Gasteiger partial charge is 0.245 e. The Bertz CT molecular complexity index is 882. The van der Waals surface area contributed by atoms with Crippen LogP contribution in [-0.2, 0) is 21.2 Å². The monoisotopic (exact) mass is 424 g/mol. The van der Waals surface area contributed by atoms with Crippen molar-refractivity contribution in [2.24, 2.45) is 0 Å². The summed E-state index contributed by atoms with van der Waals surface area (Å²) >= 11 is 3.41. The second-order valence-corrected chi connectivity index (χ2v) is 8.53. The van der Waals surface area contributed by atoms with E-state index in [1.54, 1.807) is 18.2 Å². The largest absolute Gasteiger partial charge is 0.325 e. The van der Waals surface area contributed by atoms with Crippen LogP contribution in [0.2, 0.25) is 0 Å². The molecule has 0 saturated heterocycles. The molecule has 2 aromatic rings. The number of anilines is 2. The number of carbonyl (C=O) groups is 1. The van der Waals surface area contributed by atoms with E-state index in [1.807, 2.05) is 38.1 Å². The standard InChI is InChI=1S/C18H21BrN2O3S/c1-4-14-7-5-6-8-17(14)21(25(3,23)24)12-18(22)20-15-9-10-16(19)13(2)11-15/h5-11H,4,12H2,1-3H3,(H,20,22). The third-order valence-electron chi connectivity index (χ3n) is 3.77. The first-order valence-corrected chi connectivity index (χ1v) is 10.5. The molecule has 0 aliphatic carbocycles. The van der Waals surface area contributed by atoms with E-state index in [1.165, 1.54) is 0 Å². The fraction of sp³-hybridized carbons (Fsp3) is 0.278. The van der Waals surface area contributed by atoms with Gasteiger partial charge in [0.05, 0.1) is 11.9 Å². The Balaban J connectivity index is 2.25. The third kappa shape index (κ3) is 5.06. The zero-order valence-corrected chi connectivity index (χ0v) is 16.8. The molecule has 0 fully saturated rings. The van der Waals surface area contributed by atoms with E-state index in [4.69, 9.17) is 0 Å². The predicted octanol–water partition coefficient (Wildman–Crippen LogP) is 3.72. The Morgan fingerprint density at radius 3 is 2.48 bits per heavy atom. The number of benzene rings is 2. The molecule has 2 aromatic carbocycles. The number of hydrogen-bond donors (Lipinski definition) is 1. The lowest BCUT2D eigenvalue weighted by Crippen LogP contribution is -2.38. The maximum atomic E-state index is 12.4. The highest BCUT2D eigenvalue weighted by Gasteiger charge is 2.22. The summed E-state index contributed by atoms with van der Waals surface area (Å²) in [7, 11) is -3.59. The van der Waals surface area contributed by atoms with E-state index < -0.39 is 15.9 Å². The van der Waals surface area contributed by atoms with Crippen LogP contribution < -0.4 is 9.62 Å². The number of halogens is 1. The lowest BCUT2D eigenvalue weighted by atomic mass is 10.1. The molecule has 0 aliphatic heterocycles. The zero-order valence-electron chi connectivity index (χ0n) is 14.4. The number of rotatable bonds is 6. The number of nitrogens with one attached hydrogen (secondary N) is 1. The van der Waals surface area contributed by atoms with Gasteiger partial charge in [-0.1, -0.05) is 41.1 Å². The minimum absolute atomic E-state index is 0.273. The van der Waals surface area contributed by atoms with Gasteiger partial charge in [-0.15, -0.1) is 0 Å². The molecule has 0 heterocycles. The molecule has 0 unspecified atom stereocenters. The second-order valence-electron chi connectivity index (χ2n) is 5.76. The molecule has 1 amide bonds. The fourth-order valence-corrected chi connectivity index (χ4v) is 3.62. The molecule has 0 radical (unpaired) electrons. The highest BCUT2D eigenvalue weighted by atomic mass is 79.9.